The number of hydrogen-bond donors (Lipinski definition) is 0. The SMILES string of the molecule is CCCCCCCCCCCCCCC(=O)OC[C@@H](COC(=O)CCCCCCCCCCCCC)OC(=O)CCCCCCCCCCCCCCCCC(C)CC. The number of ether oxygens (including phenoxy) is 3. The number of rotatable bonds is 48. The van der Waals surface area contributed by atoms with Gasteiger partial charge < -0.3 is 14.2 Å². The first-order valence-corrected chi connectivity index (χ1v) is 26.4. The molecule has 0 aromatic carbocycles. The summed E-state index contributed by atoms with van der Waals surface area (Å²) in [5.74, 6) is 0.0510. The lowest BCUT2D eigenvalue weighted by atomic mass is 9.99. The van der Waals surface area contributed by atoms with Gasteiger partial charge in [0, 0.05) is 19.3 Å². The minimum absolute atomic E-state index is 0.0626. The molecule has 0 N–H and O–H groups in total. The normalized spacial score (nSPS) is 12.4. The maximum absolute atomic E-state index is 12.8. The monoisotopic (exact) mass is 835 g/mol. The van der Waals surface area contributed by atoms with Crippen LogP contribution in [0.15, 0.2) is 0 Å². The van der Waals surface area contributed by atoms with Crippen LogP contribution in [-0.4, -0.2) is 37.2 Å². The minimum atomic E-state index is -0.760. The molecule has 350 valence electrons. The van der Waals surface area contributed by atoms with Gasteiger partial charge in [-0.25, -0.2) is 0 Å². The van der Waals surface area contributed by atoms with Crippen molar-refractivity contribution >= 4 is 17.9 Å². The summed E-state index contributed by atoms with van der Waals surface area (Å²) in [6, 6.07) is 0. The summed E-state index contributed by atoms with van der Waals surface area (Å²) in [6.45, 7) is 9.06. The molecule has 0 aliphatic carbocycles. The molecule has 1 unspecified atom stereocenters. The van der Waals surface area contributed by atoms with E-state index in [0.717, 1.165) is 63.7 Å². The Balaban J connectivity index is 4.28. The minimum Gasteiger partial charge on any atom is -0.462 e. The summed E-state index contributed by atoms with van der Waals surface area (Å²) >= 11 is 0. The lowest BCUT2D eigenvalue weighted by molar-refractivity contribution is -0.167. The van der Waals surface area contributed by atoms with Crippen molar-refractivity contribution in [1.82, 2.24) is 0 Å². The van der Waals surface area contributed by atoms with Gasteiger partial charge in [0.05, 0.1) is 0 Å². The molecule has 6 heteroatoms. The van der Waals surface area contributed by atoms with Gasteiger partial charge in [-0.15, -0.1) is 0 Å². The highest BCUT2D eigenvalue weighted by atomic mass is 16.6. The van der Waals surface area contributed by atoms with E-state index in [1.165, 1.54) is 193 Å². The molecule has 6 nitrogen and oxygen atoms in total. The molecule has 0 saturated carbocycles. The Bertz CT molecular complexity index is 889. The lowest BCUT2D eigenvalue weighted by Gasteiger charge is -2.18. The van der Waals surface area contributed by atoms with Crippen LogP contribution in [0.25, 0.3) is 0 Å². The molecule has 0 aliphatic heterocycles. The Kier molecular flexibility index (Phi) is 46.2. The number of carbonyl (C=O) groups is 3. The van der Waals surface area contributed by atoms with Crippen LogP contribution in [-0.2, 0) is 28.6 Å². The summed E-state index contributed by atoms with van der Waals surface area (Å²) in [5.41, 5.74) is 0. The van der Waals surface area contributed by atoms with E-state index in [-0.39, 0.29) is 31.1 Å². The van der Waals surface area contributed by atoms with Gasteiger partial charge in [-0.05, 0) is 25.2 Å². The molecule has 0 aliphatic rings. The highest BCUT2D eigenvalue weighted by Crippen LogP contribution is 2.18. The summed E-state index contributed by atoms with van der Waals surface area (Å²) in [7, 11) is 0. The lowest BCUT2D eigenvalue weighted by Crippen LogP contribution is -2.30. The third-order valence-corrected chi connectivity index (χ3v) is 12.4. The van der Waals surface area contributed by atoms with Crippen molar-refractivity contribution in [2.75, 3.05) is 13.2 Å². The number of unbranched alkanes of at least 4 members (excludes halogenated alkanes) is 34. The van der Waals surface area contributed by atoms with Gasteiger partial charge in [-0.1, -0.05) is 259 Å². The molecule has 0 spiro atoms. The first kappa shape index (κ1) is 57.4. The summed E-state index contributed by atoms with van der Waals surface area (Å²) in [6.07, 6.45) is 49.3. The Hall–Kier alpha value is -1.59. The van der Waals surface area contributed by atoms with Crippen LogP contribution in [0.5, 0.6) is 0 Å². The van der Waals surface area contributed by atoms with Gasteiger partial charge in [0.2, 0.25) is 0 Å². The third kappa shape index (κ3) is 45.8. The molecule has 0 bridgehead atoms. The van der Waals surface area contributed by atoms with Crippen molar-refractivity contribution in [2.24, 2.45) is 5.92 Å². The maximum Gasteiger partial charge on any atom is 0.306 e. The Morgan fingerprint density at radius 3 is 0.881 bits per heavy atom. The standard InChI is InChI=1S/C53H102O6/c1-5-8-10-12-14-16-18-25-29-33-37-41-45-52(55)58-48-50(47-57-51(54)44-40-36-32-28-23-17-15-13-11-9-6-2)59-53(56)46-42-38-34-30-26-22-20-19-21-24-27-31-35-39-43-49(4)7-3/h49-50H,5-48H2,1-4H3/t49?,50-/m1/s1. The number of esters is 3. The number of hydrogen-bond acceptors (Lipinski definition) is 6. The average Bonchev–Trinajstić information content (AvgIpc) is 3.23. The van der Waals surface area contributed by atoms with Crippen LogP contribution in [0.1, 0.15) is 297 Å². The van der Waals surface area contributed by atoms with E-state index in [1.807, 2.05) is 0 Å². The van der Waals surface area contributed by atoms with Crippen LogP contribution in [0, 0.1) is 5.92 Å². The second kappa shape index (κ2) is 47.5. The molecule has 0 saturated heterocycles. The Morgan fingerprint density at radius 2 is 0.593 bits per heavy atom. The second-order valence-corrected chi connectivity index (χ2v) is 18.4. The molecule has 59 heavy (non-hydrogen) atoms. The zero-order valence-corrected chi connectivity index (χ0v) is 40.2. The first-order chi connectivity index (χ1) is 28.9. The van der Waals surface area contributed by atoms with E-state index in [0.29, 0.717) is 19.3 Å². The van der Waals surface area contributed by atoms with Crippen LogP contribution >= 0.6 is 0 Å². The van der Waals surface area contributed by atoms with Crippen molar-refractivity contribution in [3.05, 3.63) is 0 Å². The van der Waals surface area contributed by atoms with Gasteiger partial charge in [-0.3, -0.25) is 14.4 Å². The van der Waals surface area contributed by atoms with E-state index >= 15 is 0 Å². The van der Waals surface area contributed by atoms with E-state index in [9.17, 15) is 14.4 Å². The largest absolute Gasteiger partial charge is 0.462 e. The van der Waals surface area contributed by atoms with Crippen molar-refractivity contribution in [3.63, 3.8) is 0 Å². The van der Waals surface area contributed by atoms with Crippen molar-refractivity contribution in [1.29, 1.82) is 0 Å². The van der Waals surface area contributed by atoms with Crippen LogP contribution in [0.4, 0.5) is 0 Å². The van der Waals surface area contributed by atoms with Gasteiger partial charge in [0.15, 0.2) is 6.10 Å². The van der Waals surface area contributed by atoms with Crippen LogP contribution in [0.2, 0.25) is 0 Å². The molecular weight excluding hydrogens is 733 g/mol. The molecule has 0 amide bonds. The van der Waals surface area contributed by atoms with E-state index < -0.39 is 6.10 Å². The van der Waals surface area contributed by atoms with Crippen LogP contribution in [0.3, 0.4) is 0 Å². The smallest absolute Gasteiger partial charge is 0.306 e. The predicted octanol–water partition coefficient (Wildman–Crippen LogP) is 17.1. The first-order valence-electron chi connectivity index (χ1n) is 26.4. The van der Waals surface area contributed by atoms with Gasteiger partial charge in [0.1, 0.15) is 13.2 Å². The zero-order valence-electron chi connectivity index (χ0n) is 40.2. The van der Waals surface area contributed by atoms with E-state index in [2.05, 4.69) is 27.7 Å². The predicted molar refractivity (Wildman–Crippen MR) is 252 cm³/mol. The average molecular weight is 835 g/mol. The fourth-order valence-electron chi connectivity index (χ4n) is 8.01. The van der Waals surface area contributed by atoms with Gasteiger partial charge in [0.25, 0.3) is 0 Å². The van der Waals surface area contributed by atoms with Gasteiger partial charge in [-0.2, -0.15) is 0 Å². The Morgan fingerprint density at radius 1 is 0.339 bits per heavy atom. The highest BCUT2D eigenvalue weighted by Gasteiger charge is 2.19. The van der Waals surface area contributed by atoms with Crippen molar-refractivity contribution in [2.45, 2.75) is 303 Å². The number of carbonyl (C=O) groups excluding carboxylic acids is 3. The fourth-order valence-corrected chi connectivity index (χ4v) is 8.01. The summed E-state index contributed by atoms with van der Waals surface area (Å²) in [5, 5.41) is 0. The molecule has 2 atom stereocenters. The molecular formula is C53H102O6. The van der Waals surface area contributed by atoms with E-state index in [4.69, 9.17) is 14.2 Å². The van der Waals surface area contributed by atoms with Crippen molar-refractivity contribution in [3.8, 4) is 0 Å². The highest BCUT2D eigenvalue weighted by molar-refractivity contribution is 5.71. The quantitative estimate of drug-likeness (QED) is 0.0345. The fraction of sp³-hybridized carbons (Fsp3) is 0.943. The zero-order chi connectivity index (χ0) is 43.1. The summed E-state index contributed by atoms with van der Waals surface area (Å²) in [4.78, 5) is 37.9. The van der Waals surface area contributed by atoms with Crippen molar-refractivity contribution < 1.29 is 28.6 Å². The van der Waals surface area contributed by atoms with Crippen LogP contribution < -0.4 is 0 Å². The topological polar surface area (TPSA) is 78.9 Å². The molecule has 0 radical (unpaired) electrons. The molecule has 0 heterocycles. The summed E-state index contributed by atoms with van der Waals surface area (Å²) < 4.78 is 16.8. The molecule has 0 rings (SSSR count). The van der Waals surface area contributed by atoms with E-state index in [1.54, 1.807) is 0 Å². The van der Waals surface area contributed by atoms with Gasteiger partial charge >= 0.3 is 17.9 Å². The molecule has 0 aromatic rings. The molecule has 0 fully saturated rings. The second-order valence-electron chi connectivity index (χ2n) is 18.4. The Labute approximate surface area is 368 Å². The third-order valence-electron chi connectivity index (χ3n) is 12.4. The maximum atomic E-state index is 12.8. The molecule has 0 aromatic heterocycles.